The zero-order chi connectivity index (χ0) is 21.3. The maximum absolute atomic E-state index is 13.0. The molecule has 0 saturated heterocycles. The SMILES string of the molecule is COc1ccc2nc(-n3nc(C)cc3NC(=O)c3cccc(OC)c3OC)sc2c1. The molecular weight excluding hydrogens is 404 g/mol. The van der Waals surface area contributed by atoms with E-state index in [1.54, 1.807) is 36.1 Å². The van der Waals surface area contributed by atoms with E-state index in [0.29, 0.717) is 28.0 Å². The van der Waals surface area contributed by atoms with Gasteiger partial charge in [-0.25, -0.2) is 4.98 Å². The minimum atomic E-state index is -0.338. The second-order valence-corrected chi connectivity index (χ2v) is 7.42. The lowest BCUT2D eigenvalue weighted by molar-refractivity contribution is 0.102. The minimum absolute atomic E-state index is 0.338. The first-order chi connectivity index (χ1) is 14.5. The molecule has 4 rings (SSSR count). The number of ether oxygens (including phenoxy) is 3. The standard InChI is InChI=1S/C21H20N4O4S/c1-12-10-18(23-20(26)14-6-5-7-16(28-3)19(14)29-4)25(24-12)21-22-15-9-8-13(27-2)11-17(15)30-21/h5-11H,1-4H3,(H,23,26). The van der Waals surface area contributed by atoms with Crippen LogP contribution in [0.4, 0.5) is 5.82 Å². The summed E-state index contributed by atoms with van der Waals surface area (Å²) in [6.07, 6.45) is 0. The molecular formula is C21H20N4O4S. The second-order valence-electron chi connectivity index (χ2n) is 6.41. The predicted molar refractivity (Wildman–Crippen MR) is 116 cm³/mol. The van der Waals surface area contributed by atoms with Crippen LogP contribution in [0.5, 0.6) is 17.2 Å². The monoisotopic (exact) mass is 424 g/mol. The summed E-state index contributed by atoms with van der Waals surface area (Å²) < 4.78 is 18.5. The lowest BCUT2D eigenvalue weighted by Gasteiger charge is -2.12. The number of anilines is 1. The van der Waals surface area contributed by atoms with Gasteiger partial charge in [0, 0.05) is 6.07 Å². The third-order valence-electron chi connectivity index (χ3n) is 4.49. The molecule has 2 heterocycles. The lowest BCUT2D eigenvalue weighted by atomic mass is 10.1. The van der Waals surface area contributed by atoms with Gasteiger partial charge in [0.15, 0.2) is 11.5 Å². The van der Waals surface area contributed by atoms with E-state index in [2.05, 4.69) is 15.4 Å². The Hall–Kier alpha value is -3.59. The van der Waals surface area contributed by atoms with Gasteiger partial charge in [0.2, 0.25) is 5.13 Å². The van der Waals surface area contributed by atoms with Crippen molar-refractivity contribution in [1.29, 1.82) is 0 Å². The van der Waals surface area contributed by atoms with Crippen LogP contribution in [-0.2, 0) is 0 Å². The van der Waals surface area contributed by atoms with Crippen LogP contribution in [0, 0.1) is 6.92 Å². The highest BCUT2D eigenvalue weighted by atomic mass is 32.1. The number of rotatable bonds is 6. The van der Waals surface area contributed by atoms with Gasteiger partial charge in [-0.2, -0.15) is 9.78 Å². The fourth-order valence-corrected chi connectivity index (χ4v) is 4.05. The Bertz CT molecular complexity index is 1230. The van der Waals surface area contributed by atoms with Gasteiger partial charge in [0.1, 0.15) is 11.6 Å². The molecule has 4 aromatic rings. The summed E-state index contributed by atoms with van der Waals surface area (Å²) in [7, 11) is 4.65. The first-order valence-corrected chi connectivity index (χ1v) is 9.89. The first-order valence-electron chi connectivity index (χ1n) is 9.08. The summed E-state index contributed by atoms with van der Waals surface area (Å²) in [5, 5.41) is 8.05. The van der Waals surface area contributed by atoms with Gasteiger partial charge in [-0.05, 0) is 37.3 Å². The van der Waals surface area contributed by atoms with Crippen molar-refractivity contribution in [3.63, 3.8) is 0 Å². The molecule has 0 radical (unpaired) electrons. The topological polar surface area (TPSA) is 87.5 Å². The molecule has 0 fully saturated rings. The highest BCUT2D eigenvalue weighted by molar-refractivity contribution is 7.20. The molecule has 0 unspecified atom stereocenters. The van der Waals surface area contributed by atoms with Crippen molar-refractivity contribution < 1.29 is 19.0 Å². The van der Waals surface area contributed by atoms with Gasteiger partial charge in [0.05, 0.1) is 42.8 Å². The molecule has 9 heteroatoms. The molecule has 0 bridgehead atoms. The summed E-state index contributed by atoms with van der Waals surface area (Å²) in [6.45, 7) is 1.86. The molecule has 1 amide bonds. The van der Waals surface area contributed by atoms with Crippen molar-refractivity contribution in [2.45, 2.75) is 6.92 Å². The lowest BCUT2D eigenvalue weighted by Crippen LogP contribution is -2.16. The average Bonchev–Trinajstić information content (AvgIpc) is 3.34. The van der Waals surface area contributed by atoms with E-state index in [-0.39, 0.29) is 5.91 Å². The Morgan fingerprint density at radius 2 is 1.90 bits per heavy atom. The van der Waals surface area contributed by atoms with E-state index in [1.807, 2.05) is 25.1 Å². The number of carbonyl (C=O) groups excluding carboxylic acids is 1. The van der Waals surface area contributed by atoms with Crippen LogP contribution in [0.25, 0.3) is 15.3 Å². The number of nitrogens with one attached hydrogen (secondary N) is 1. The fraction of sp³-hybridized carbons (Fsp3) is 0.190. The van der Waals surface area contributed by atoms with Gasteiger partial charge in [-0.3, -0.25) is 4.79 Å². The Balaban J connectivity index is 1.70. The third kappa shape index (κ3) is 3.55. The van der Waals surface area contributed by atoms with Crippen molar-refractivity contribution >= 4 is 33.3 Å². The molecule has 0 aliphatic heterocycles. The predicted octanol–water partition coefficient (Wildman–Crippen LogP) is 4.07. The van der Waals surface area contributed by atoms with Crippen molar-refractivity contribution in [3.05, 3.63) is 53.7 Å². The smallest absolute Gasteiger partial charge is 0.260 e. The van der Waals surface area contributed by atoms with E-state index in [4.69, 9.17) is 14.2 Å². The summed E-state index contributed by atoms with van der Waals surface area (Å²) in [4.78, 5) is 17.6. The number of thiazole rings is 1. The Kier molecular flexibility index (Phi) is 5.28. The van der Waals surface area contributed by atoms with E-state index < -0.39 is 0 Å². The zero-order valence-corrected chi connectivity index (χ0v) is 17.7. The molecule has 0 saturated carbocycles. The van der Waals surface area contributed by atoms with Crippen LogP contribution in [-0.4, -0.2) is 42.0 Å². The maximum atomic E-state index is 13.0. The Morgan fingerprint density at radius 3 is 2.63 bits per heavy atom. The van der Waals surface area contributed by atoms with E-state index in [0.717, 1.165) is 21.7 Å². The highest BCUT2D eigenvalue weighted by Crippen LogP contribution is 2.32. The van der Waals surface area contributed by atoms with Crippen molar-refractivity contribution in [3.8, 4) is 22.4 Å². The second kappa shape index (κ2) is 8.03. The van der Waals surface area contributed by atoms with Crippen LogP contribution >= 0.6 is 11.3 Å². The number of para-hydroxylation sites is 1. The number of amides is 1. The van der Waals surface area contributed by atoms with Crippen molar-refractivity contribution in [2.75, 3.05) is 26.6 Å². The van der Waals surface area contributed by atoms with Crippen LogP contribution in [0.3, 0.4) is 0 Å². The number of hydrogen-bond donors (Lipinski definition) is 1. The van der Waals surface area contributed by atoms with E-state index in [1.165, 1.54) is 25.6 Å². The van der Waals surface area contributed by atoms with Gasteiger partial charge >= 0.3 is 0 Å². The van der Waals surface area contributed by atoms with Gasteiger partial charge in [0.25, 0.3) is 5.91 Å². The van der Waals surface area contributed by atoms with Crippen LogP contribution < -0.4 is 19.5 Å². The number of hydrogen-bond acceptors (Lipinski definition) is 7. The maximum Gasteiger partial charge on any atom is 0.260 e. The largest absolute Gasteiger partial charge is 0.497 e. The van der Waals surface area contributed by atoms with Crippen LogP contribution in [0.1, 0.15) is 16.1 Å². The van der Waals surface area contributed by atoms with Gasteiger partial charge in [-0.15, -0.1) is 0 Å². The minimum Gasteiger partial charge on any atom is -0.497 e. The van der Waals surface area contributed by atoms with Gasteiger partial charge < -0.3 is 19.5 Å². The fourth-order valence-electron chi connectivity index (χ4n) is 3.09. The summed E-state index contributed by atoms with van der Waals surface area (Å²) in [6, 6.07) is 12.6. The zero-order valence-electron chi connectivity index (χ0n) is 16.9. The summed E-state index contributed by atoms with van der Waals surface area (Å²) >= 11 is 1.46. The Labute approximate surface area is 177 Å². The molecule has 0 atom stereocenters. The van der Waals surface area contributed by atoms with Crippen LogP contribution in [0.15, 0.2) is 42.5 Å². The van der Waals surface area contributed by atoms with Crippen molar-refractivity contribution in [2.24, 2.45) is 0 Å². The number of fused-ring (bicyclic) bond motifs is 1. The van der Waals surface area contributed by atoms with Crippen LogP contribution in [0.2, 0.25) is 0 Å². The number of aromatic nitrogens is 3. The number of methoxy groups -OCH3 is 3. The molecule has 30 heavy (non-hydrogen) atoms. The Morgan fingerprint density at radius 1 is 1.07 bits per heavy atom. The molecule has 154 valence electrons. The quantitative estimate of drug-likeness (QED) is 0.502. The molecule has 0 spiro atoms. The first kappa shape index (κ1) is 19.7. The van der Waals surface area contributed by atoms with Crippen molar-refractivity contribution in [1.82, 2.24) is 14.8 Å². The molecule has 1 N–H and O–H groups in total. The number of nitrogens with zero attached hydrogens (tertiary/aromatic N) is 3. The molecule has 0 aliphatic rings. The molecule has 0 aliphatic carbocycles. The normalized spacial score (nSPS) is 10.8. The number of aryl methyl sites for hydroxylation is 1. The summed E-state index contributed by atoms with van der Waals surface area (Å²) in [5.41, 5.74) is 1.94. The summed E-state index contributed by atoms with van der Waals surface area (Å²) in [5.74, 6) is 1.78. The molecule has 8 nitrogen and oxygen atoms in total. The van der Waals surface area contributed by atoms with E-state index in [9.17, 15) is 4.79 Å². The molecule has 2 aromatic heterocycles. The van der Waals surface area contributed by atoms with Gasteiger partial charge in [-0.1, -0.05) is 17.4 Å². The highest BCUT2D eigenvalue weighted by Gasteiger charge is 2.20. The average molecular weight is 424 g/mol. The van der Waals surface area contributed by atoms with E-state index >= 15 is 0 Å². The number of carbonyl (C=O) groups is 1. The third-order valence-corrected chi connectivity index (χ3v) is 5.48. The molecule has 2 aromatic carbocycles. The number of benzene rings is 2.